The molecule has 1 aliphatic rings. The van der Waals surface area contributed by atoms with E-state index in [4.69, 9.17) is 9.47 Å². The number of carbonyl (C=O) groups is 1. The Hall–Kier alpha value is -0.870. The molecular formula is C12H13BrO3. The smallest absolute Gasteiger partial charge is 0.188 e. The van der Waals surface area contributed by atoms with Crippen molar-refractivity contribution < 1.29 is 14.3 Å². The molecular weight excluding hydrogens is 272 g/mol. The Balaban J connectivity index is 2.33. The number of ether oxygens (including phenoxy) is 2. The molecule has 1 aliphatic carbocycles. The predicted molar refractivity (Wildman–Crippen MR) is 63.9 cm³/mol. The minimum atomic E-state index is 0.214. The lowest BCUT2D eigenvalue weighted by Crippen LogP contribution is -2.12. The van der Waals surface area contributed by atoms with Gasteiger partial charge in [-0.2, -0.15) is 0 Å². The zero-order valence-electron chi connectivity index (χ0n) is 9.09. The van der Waals surface area contributed by atoms with Crippen molar-refractivity contribution in [1.82, 2.24) is 0 Å². The van der Waals surface area contributed by atoms with E-state index in [0.717, 1.165) is 34.2 Å². The number of benzene rings is 1. The highest BCUT2D eigenvalue weighted by molar-refractivity contribution is 9.10. The fraction of sp³-hybridized carbons (Fsp3) is 0.417. The van der Waals surface area contributed by atoms with E-state index in [1.165, 1.54) is 0 Å². The molecule has 3 nitrogen and oxygen atoms in total. The molecule has 0 saturated heterocycles. The first-order valence-corrected chi connectivity index (χ1v) is 5.99. The maximum absolute atomic E-state index is 11.7. The molecule has 0 spiro atoms. The third-order valence-corrected chi connectivity index (χ3v) is 3.24. The largest absolute Gasteiger partial charge is 0.468 e. The molecule has 4 heteroatoms. The van der Waals surface area contributed by atoms with Crippen LogP contribution < -0.4 is 4.74 Å². The third-order valence-electron chi connectivity index (χ3n) is 2.62. The molecule has 0 saturated carbocycles. The SMILES string of the molecule is COCOc1cc(Br)c2c(c1)CCCC2=O. The molecule has 0 aliphatic heterocycles. The molecule has 0 amide bonds. The average Bonchev–Trinajstić information content (AvgIpc) is 2.26. The second-order valence-corrected chi connectivity index (χ2v) is 4.62. The Bertz CT molecular complexity index is 415. The Kier molecular flexibility index (Phi) is 3.61. The zero-order valence-corrected chi connectivity index (χ0v) is 10.7. The summed E-state index contributed by atoms with van der Waals surface area (Å²) in [5.74, 6) is 0.952. The van der Waals surface area contributed by atoms with Crippen LogP contribution in [0.3, 0.4) is 0 Å². The number of halogens is 1. The highest BCUT2D eigenvalue weighted by Gasteiger charge is 2.20. The lowest BCUT2D eigenvalue weighted by atomic mass is 9.90. The summed E-state index contributed by atoms with van der Waals surface area (Å²) in [4.78, 5) is 11.7. The summed E-state index contributed by atoms with van der Waals surface area (Å²) in [6, 6.07) is 3.75. The highest BCUT2D eigenvalue weighted by Crippen LogP contribution is 2.32. The summed E-state index contributed by atoms with van der Waals surface area (Å²) in [7, 11) is 1.58. The minimum absolute atomic E-state index is 0.214. The number of hydrogen-bond donors (Lipinski definition) is 0. The molecule has 0 bridgehead atoms. The maximum atomic E-state index is 11.7. The van der Waals surface area contributed by atoms with Crippen LogP contribution in [0.2, 0.25) is 0 Å². The number of methoxy groups -OCH3 is 1. The van der Waals surface area contributed by atoms with Crippen molar-refractivity contribution in [3.8, 4) is 5.75 Å². The van der Waals surface area contributed by atoms with Crippen molar-refractivity contribution in [3.63, 3.8) is 0 Å². The van der Waals surface area contributed by atoms with Crippen LogP contribution in [0.4, 0.5) is 0 Å². The van der Waals surface area contributed by atoms with Crippen LogP contribution in [0, 0.1) is 0 Å². The van der Waals surface area contributed by atoms with Gasteiger partial charge in [0.1, 0.15) is 5.75 Å². The summed E-state index contributed by atoms with van der Waals surface area (Å²) in [5.41, 5.74) is 1.88. The van der Waals surface area contributed by atoms with E-state index in [9.17, 15) is 4.79 Å². The van der Waals surface area contributed by atoms with E-state index in [1.54, 1.807) is 7.11 Å². The standard InChI is InChI=1S/C12H13BrO3/c1-15-7-16-9-5-8-3-2-4-11(14)12(8)10(13)6-9/h5-6H,2-4,7H2,1H3. The Morgan fingerprint density at radius 1 is 1.38 bits per heavy atom. The van der Waals surface area contributed by atoms with E-state index >= 15 is 0 Å². The molecule has 1 aromatic rings. The Morgan fingerprint density at radius 2 is 2.19 bits per heavy atom. The van der Waals surface area contributed by atoms with Crippen molar-refractivity contribution in [2.75, 3.05) is 13.9 Å². The van der Waals surface area contributed by atoms with Crippen LogP contribution in [-0.4, -0.2) is 19.7 Å². The maximum Gasteiger partial charge on any atom is 0.188 e. The van der Waals surface area contributed by atoms with Crippen molar-refractivity contribution >= 4 is 21.7 Å². The van der Waals surface area contributed by atoms with Gasteiger partial charge in [-0.05, 0) is 46.5 Å². The van der Waals surface area contributed by atoms with Gasteiger partial charge in [0.05, 0.1) is 0 Å². The van der Waals surface area contributed by atoms with Crippen LogP contribution in [-0.2, 0) is 11.2 Å². The van der Waals surface area contributed by atoms with Gasteiger partial charge in [-0.15, -0.1) is 0 Å². The van der Waals surface area contributed by atoms with Gasteiger partial charge in [-0.1, -0.05) is 0 Å². The molecule has 16 heavy (non-hydrogen) atoms. The second-order valence-electron chi connectivity index (χ2n) is 3.77. The van der Waals surface area contributed by atoms with Crippen LogP contribution in [0.15, 0.2) is 16.6 Å². The Labute approximate surface area is 103 Å². The summed E-state index contributed by atoms with van der Waals surface area (Å²) in [5, 5.41) is 0. The lowest BCUT2D eigenvalue weighted by Gasteiger charge is -2.17. The first-order chi connectivity index (χ1) is 7.72. The van der Waals surface area contributed by atoms with Gasteiger partial charge in [-0.25, -0.2) is 0 Å². The number of fused-ring (bicyclic) bond motifs is 1. The normalized spacial score (nSPS) is 14.8. The van der Waals surface area contributed by atoms with E-state index in [-0.39, 0.29) is 12.6 Å². The molecule has 2 rings (SSSR count). The van der Waals surface area contributed by atoms with E-state index < -0.39 is 0 Å². The van der Waals surface area contributed by atoms with E-state index in [2.05, 4.69) is 15.9 Å². The van der Waals surface area contributed by atoms with E-state index in [0.29, 0.717) is 6.42 Å². The fourth-order valence-electron chi connectivity index (χ4n) is 1.92. The molecule has 0 N–H and O–H groups in total. The topological polar surface area (TPSA) is 35.5 Å². The molecule has 0 unspecified atom stereocenters. The van der Waals surface area contributed by atoms with Gasteiger partial charge in [0.15, 0.2) is 12.6 Å². The van der Waals surface area contributed by atoms with Crippen molar-refractivity contribution in [3.05, 3.63) is 27.7 Å². The van der Waals surface area contributed by atoms with Crippen LogP contribution in [0.5, 0.6) is 5.75 Å². The molecule has 86 valence electrons. The summed E-state index contributed by atoms with van der Waals surface area (Å²) in [6.45, 7) is 0.221. The molecule has 1 aromatic carbocycles. The number of hydrogen-bond acceptors (Lipinski definition) is 3. The molecule has 0 aromatic heterocycles. The van der Waals surface area contributed by atoms with Crippen molar-refractivity contribution in [2.24, 2.45) is 0 Å². The first-order valence-electron chi connectivity index (χ1n) is 5.19. The molecule has 0 fully saturated rings. The second kappa shape index (κ2) is 4.97. The van der Waals surface area contributed by atoms with Gasteiger partial charge < -0.3 is 9.47 Å². The lowest BCUT2D eigenvalue weighted by molar-refractivity contribution is 0.0510. The zero-order chi connectivity index (χ0) is 11.5. The average molecular weight is 285 g/mol. The van der Waals surface area contributed by atoms with Crippen LogP contribution in [0.25, 0.3) is 0 Å². The first kappa shape index (κ1) is 11.6. The van der Waals surface area contributed by atoms with Gasteiger partial charge in [0, 0.05) is 23.6 Å². The van der Waals surface area contributed by atoms with Crippen molar-refractivity contribution in [2.45, 2.75) is 19.3 Å². The minimum Gasteiger partial charge on any atom is -0.468 e. The predicted octanol–water partition coefficient (Wildman–Crippen LogP) is 2.95. The number of Topliss-reactive ketones (excluding diaryl/α,β-unsaturated/α-hetero) is 1. The number of carbonyl (C=O) groups excluding carboxylic acids is 1. The highest BCUT2D eigenvalue weighted by atomic mass is 79.9. The quantitative estimate of drug-likeness (QED) is 0.801. The van der Waals surface area contributed by atoms with E-state index in [1.807, 2.05) is 12.1 Å². The molecule has 0 radical (unpaired) electrons. The fourth-order valence-corrected chi connectivity index (χ4v) is 2.62. The van der Waals surface area contributed by atoms with Crippen LogP contribution in [0.1, 0.15) is 28.8 Å². The number of rotatable bonds is 3. The Morgan fingerprint density at radius 3 is 2.94 bits per heavy atom. The van der Waals surface area contributed by atoms with Gasteiger partial charge in [0.25, 0.3) is 0 Å². The monoisotopic (exact) mass is 284 g/mol. The van der Waals surface area contributed by atoms with Crippen LogP contribution >= 0.6 is 15.9 Å². The summed E-state index contributed by atoms with van der Waals surface area (Å²) < 4.78 is 11.0. The summed E-state index contributed by atoms with van der Waals surface area (Å²) in [6.07, 6.45) is 2.50. The molecule has 0 atom stereocenters. The van der Waals surface area contributed by atoms with Gasteiger partial charge in [-0.3, -0.25) is 4.79 Å². The number of ketones is 1. The van der Waals surface area contributed by atoms with Gasteiger partial charge >= 0.3 is 0 Å². The van der Waals surface area contributed by atoms with Gasteiger partial charge in [0.2, 0.25) is 0 Å². The number of aryl methyl sites for hydroxylation is 1. The summed E-state index contributed by atoms with van der Waals surface area (Å²) >= 11 is 3.42. The third kappa shape index (κ3) is 2.28. The van der Waals surface area contributed by atoms with Crippen molar-refractivity contribution in [1.29, 1.82) is 0 Å². The molecule has 0 heterocycles.